The van der Waals surface area contributed by atoms with Gasteiger partial charge < -0.3 is 0 Å². The first-order valence-electron chi connectivity index (χ1n) is 3.76. The van der Waals surface area contributed by atoms with Crippen molar-refractivity contribution in [1.82, 2.24) is 4.90 Å². The summed E-state index contributed by atoms with van der Waals surface area (Å²) in [5.41, 5.74) is 0.286. The lowest BCUT2D eigenvalue weighted by atomic mass is 9.96. The summed E-state index contributed by atoms with van der Waals surface area (Å²) in [5.74, 6) is 0. The number of rotatable bonds is 0. The van der Waals surface area contributed by atoms with Crippen molar-refractivity contribution < 1.29 is 4.58 Å². The molecule has 2 heteroatoms. The van der Waals surface area contributed by atoms with E-state index in [4.69, 9.17) is 0 Å². The summed E-state index contributed by atoms with van der Waals surface area (Å²) < 4.78 is 2.25. The molecule has 0 saturated heterocycles. The molecule has 0 aromatic rings. The maximum absolute atomic E-state index is 2.26. The summed E-state index contributed by atoms with van der Waals surface area (Å²) in [5, 5.41) is 0. The summed E-state index contributed by atoms with van der Waals surface area (Å²) in [6, 6.07) is 0.609. The van der Waals surface area contributed by atoms with Gasteiger partial charge in [-0.1, -0.05) is 0 Å². The zero-order chi connectivity index (χ0) is 7.94. The van der Waals surface area contributed by atoms with E-state index in [2.05, 4.69) is 50.7 Å². The Balaban J connectivity index is 2.87. The van der Waals surface area contributed by atoms with Crippen LogP contribution in [0.3, 0.4) is 0 Å². The fourth-order valence-electron chi connectivity index (χ4n) is 1.32. The third-order valence-corrected chi connectivity index (χ3v) is 2.90. The van der Waals surface area contributed by atoms with E-state index in [0.29, 0.717) is 6.04 Å². The normalized spacial score (nSPS) is 30.7. The fourth-order valence-corrected chi connectivity index (χ4v) is 1.32. The molecule has 0 fully saturated rings. The molecule has 0 saturated carbocycles. The summed E-state index contributed by atoms with van der Waals surface area (Å²) >= 11 is 0. The molecule has 0 bridgehead atoms. The fraction of sp³-hybridized carbons (Fsp3) is 0.875. The van der Waals surface area contributed by atoms with Crippen molar-refractivity contribution in [1.29, 1.82) is 0 Å². The van der Waals surface area contributed by atoms with E-state index in [1.165, 1.54) is 0 Å². The second kappa shape index (κ2) is 1.97. The van der Waals surface area contributed by atoms with Gasteiger partial charge in [-0.15, -0.1) is 0 Å². The Morgan fingerprint density at radius 2 is 2.00 bits per heavy atom. The van der Waals surface area contributed by atoms with Crippen LogP contribution >= 0.6 is 0 Å². The van der Waals surface area contributed by atoms with Crippen LogP contribution in [0.1, 0.15) is 20.8 Å². The third-order valence-electron chi connectivity index (χ3n) is 2.90. The Bertz CT molecular complexity index is 170. The molecule has 1 aliphatic heterocycles. The molecule has 0 aliphatic carbocycles. The van der Waals surface area contributed by atoms with E-state index in [0.717, 1.165) is 0 Å². The molecule has 10 heavy (non-hydrogen) atoms. The van der Waals surface area contributed by atoms with Gasteiger partial charge in [-0.25, -0.2) is 0 Å². The molecule has 2 nitrogen and oxygen atoms in total. The SMILES string of the molecule is CC1[N+](C)=CN(C)C1(C)C. The topological polar surface area (TPSA) is 6.25 Å². The van der Waals surface area contributed by atoms with Crippen LogP contribution in [0.5, 0.6) is 0 Å². The first-order chi connectivity index (χ1) is 4.46. The van der Waals surface area contributed by atoms with Crippen molar-refractivity contribution in [2.75, 3.05) is 14.1 Å². The molecule has 58 valence electrons. The molecule has 0 spiro atoms. The zero-order valence-corrected chi connectivity index (χ0v) is 7.55. The second-order valence-corrected chi connectivity index (χ2v) is 3.72. The van der Waals surface area contributed by atoms with Crippen molar-refractivity contribution in [3.63, 3.8) is 0 Å². The smallest absolute Gasteiger partial charge is 0.234 e. The molecule has 0 radical (unpaired) electrons. The average Bonchev–Trinajstić information content (AvgIpc) is 1.97. The molecular weight excluding hydrogens is 124 g/mol. The summed E-state index contributed by atoms with van der Waals surface area (Å²) in [6.07, 6.45) is 2.16. The van der Waals surface area contributed by atoms with Crippen LogP contribution < -0.4 is 0 Å². The van der Waals surface area contributed by atoms with Gasteiger partial charge in [-0.2, -0.15) is 0 Å². The predicted octanol–water partition coefficient (Wildman–Crippen LogP) is 0.770. The molecule has 0 aromatic carbocycles. The lowest BCUT2D eigenvalue weighted by Crippen LogP contribution is -2.44. The van der Waals surface area contributed by atoms with E-state index >= 15 is 0 Å². The van der Waals surface area contributed by atoms with E-state index in [-0.39, 0.29) is 5.54 Å². The summed E-state index contributed by atoms with van der Waals surface area (Å²) in [7, 11) is 4.25. The maximum atomic E-state index is 2.26. The quantitative estimate of drug-likeness (QED) is 0.452. The monoisotopic (exact) mass is 141 g/mol. The molecule has 1 rings (SSSR count). The maximum Gasteiger partial charge on any atom is 0.234 e. The van der Waals surface area contributed by atoms with Gasteiger partial charge in [0.2, 0.25) is 6.34 Å². The van der Waals surface area contributed by atoms with Crippen LogP contribution in [0, 0.1) is 0 Å². The zero-order valence-electron chi connectivity index (χ0n) is 7.55. The lowest BCUT2D eigenvalue weighted by molar-refractivity contribution is -0.528. The first-order valence-corrected chi connectivity index (χ1v) is 3.76. The minimum absolute atomic E-state index is 0.286. The highest BCUT2D eigenvalue weighted by molar-refractivity contribution is 5.52. The van der Waals surface area contributed by atoms with E-state index in [1.54, 1.807) is 0 Å². The average molecular weight is 141 g/mol. The molecule has 1 unspecified atom stereocenters. The van der Waals surface area contributed by atoms with Crippen LogP contribution in [0.4, 0.5) is 0 Å². The van der Waals surface area contributed by atoms with E-state index < -0.39 is 0 Å². The summed E-state index contributed by atoms with van der Waals surface area (Å²) in [4.78, 5) is 2.26. The summed E-state index contributed by atoms with van der Waals surface area (Å²) in [6.45, 7) is 6.77. The number of likely N-dealkylation sites (N-methyl/N-ethyl adjacent to an activating group) is 2. The third kappa shape index (κ3) is 0.825. The predicted molar refractivity (Wildman–Crippen MR) is 43.6 cm³/mol. The van der Waals surface area contributed by atoms with E-state index in [9.17, 15) is 0 Å². The molecule has 0 aromatic heterocycles. The van der Waals surface area contributed by atoms with Gasteiger partial charge in [0, 0.05) is 0 Å². The van der Waals surface area contributed by atoms with Gasteiger partial charge in [0.1, 0.15) is 11.6 Å². The molecular formula is C8H17N2+. The standard InChI is InChI=1S/C8H17N2/c1-7-8(2,3)10(5)6-9(7)4/h6-7H,1-5H3/q+1. The highest BCUT2D eigenvalue weighted by Crippen LogP contribution is 2.21. The first kappa shape index (κ1) is 7.58. The van der Waals surface area contributed by atoms with E-state index in [1.807, 2.05) is 0 Å². The van der Waals surface area contributed by atoms with Gasteiger partial charge in [0.25, 0.3) is 0 Å². The van der Waals surface area contributed by atoms with Crippen molar-refractivity contribution in [2.24, 2.45) is 0 Å². The van der Waals surface area contributed by atoms with Gasteiger partial charge in [0.15, 0.2) is 0 Å². The lowest BCUT2D eigenvalue weighted by Gasteiger charge is -2.24. The largest absolute Gasteiger partial charge is 0.264 e. The van der Waals surface area contributed by atoms with Crippen LogP contribution in [0.15, 0.2) is 0 Å². The van der Waals surface area contributed by atoms with Crippen LogP contribution in [-0.4, -0.2) is 41.5 Å². The van der Waals surface area contributed by atoms with Crippen molar-refractivity contribution in [3.05, 3.63) is 0 Å². The van der Waals surface area contributed by atoms with Gasteiger partial charge in [-0.3, -0.25) is 9.48 Å². The van der Waals surface area contributed by atoms with Crippen molar-refractivity contribution in [3.8, 4) is 0 Å². The Labute approximate surface area is 63.2 Å². The van der Waals surface area contributed by atoms with Crippen molar-refractivity contribution >= 4 is 6.34 Å². The second-order valence-electron chi connectivity index (χ2n) is 3.72. The van der Waals surface area contributed by atoms with Crippen molar-refractivity contribution in [2.45, 2.75) is 32.4 Å². The number of nitrogens with zero attached hydrogens (tertiary/aromatic N) is 2. The molecule has 0 N–H and O–H groups in total. The molecule has 1 heterocycles. The van der Waals surface area contributed by atoms with Crippen LogP contribution in [-0.2, 0) is 0 Å². The highest BCUT2D eigenvalue weighted by Gasteiger charge is 2.42. The Morgan fingerprint density at radius 1 is 1.50 bits per heavy atom. The van der Waals surface area contributed by atoms with Crippen LogP contribution in [0.2, 0.25) is 0 Å². The number of hydrogen-bond donors (Lipinski definition) is 0. The molecule has 1 atom stereocenters. The molecule has 0 amide bonds. The number of hydrogen-bond acceptors (Lipinski definition) is 1. The van der Waals surface area contributed by atoms with Gasteiger partial charge in [0.05, 0.1) is 14.1 Å². The Kier molecular flexibility index (Phi) is 1.50. The van der Waals surface area contributed by atoms with Gasteiger partial charge >= 0.3 is 0 Å². The van der Waals surface area contributed by atoms with Gasteiger partial charge in [-0.05, 0) is 20.8 Å². The Morgan fingerprint density at radius 3 is 2.10 bits per heavy atom. The minimum atomic E-state index is 0.286. The Hall–Kier alpha value is -0.530. The minimum Gasteiger partial charge on any atom is -0.264 e. The highest BCUT2D eigenvalue weighted by atomic mass is 15.3. The van der Waals surface area contributed by atoms with Crippen LogP contribution in [0.25, 0.3) is 0 Å². The molecule has 1 aliphatic rings.